The van der Waals surface area contributed by atoms with Crippen molar-refractivity contribution in [2.24, 2.45) is 5.41 Å². The first-order valence-electron chi connectivity index (χ1n) is 11.1. The van der Waals surface area contributed by atoms with Crippen LogP contribution in [0.3, 0.4) is 0 Å². The maximum Gasteiger partial charge on any atom is 0.329 e. The van der Waals surface area contributed by atoms with E-state index in [9.17, 15) is 9.90 Å². The predicted molar refractivity (Wildman–Crippen MR) is 125 cm³/mol. The van der Waals surface area contributed by atoms with Gasteiger partial charge in [0, 0.05) is 18.2 Å². The molecule has 0 radical (unpaired) electrons. The summed E-state index contributed by atoms with van der Waals surface area (Å²) in [4.78, 5) is 20.2. The van der Waals surface area contributed by atoms with E-state index in [2.05, 4.69) is 36.5 Å². The molecule has 6 nitrogen and oxygen atoms in total. The molecule has 2 aliphatic carbocycles. The summed E-state index contributed by atoms with van der Waals surface area (Å²) in [6, 6.07) is 14.0. The Bertz CT molecular complexity index is 928. The summed E-state index contributed by atoms with van der Waals surface area (Å²) in [6.45, 7) is 4.60. The van der Waals surface area contributed by atoms with Crippen molar-refractivity contribution in [2.75, 3.05) is 19.0 Å². The van der Waals surface area contributed by atoms with E-state index in [1.165, 1.54) is 24.0 Å². The molecule has 0 aliphatic heterocycles. The molecule has 1 spiro atoms. The summed E-state index contributed by atoms with van der Waals surface area (Å²) in [7, 11) is 1.62. The van der Waals surface area contributed by atoms with E-state index in [-0.39, 0.29) is 0 Å². The van der Waals surface area contributed by atoms with Crippen molar-refractivity contribution >= 4 is 18.4 Å². The number of anilines is 1. The fourth-order valence-corrected chi connectivity index (χ4v) is 4.57. The van der Waals surface area contributed by atoms with Gasteiger partial charge in [-0.15, -0.1) is 0 Å². The van der Waals surface area contributed by atoms with Gasteiger partial charge in [0.15, 0.2) is 11.5 Å². The predicted octanol–water partition coefficient (Wildman–Crippen LogP) is 5.03. The molecule has 32 heavy (non-hydrogen) atoms. The minimum Gasteiger partial charge on any atom is -0.493 e. The first-order valence-corrected chi connectivity index (χ1v) is 11.1. The monoisotopic (exact) mass is 439 g/mol. The molecule has 0 heterocycles. The lowest BCUT2D eigenvalue weighted by Gasteiger charge is -2.38. The first-order chi connectivity index (χ1) is 15.4. The highest BCUT2D eigenvalue weighted by molar-refractivity contribution is 5.83. The van der Waals surface area contributed by atoms with Gasteiger partial charge in [-0.1, -0.05) is 29.8 Å². The summed E-state index contributed by atoms with van der Waals surface area (Å²) >= 11 is 0. The number of aryl methyl sites for hydroxylation is 1. The molecule has 0 aromatic heterocycles. The molecule has 0 atom stereocenters. The highest BCUT2D eigenvalue weighted by Crippen LogP contribution is 2.58. The Morgan fingerprint density at radius 2 is 1.72 bits per heavy atom. The lowest BCUT2D eigenvalue weighted by Crippen LogP contribution is -2.49. The Kier molecular flexibility index (Phi) is 7.44. The highest BCUT2D eigenvalue weighted by Gasteiger charge is 2.52. The van der Waals surface area contributed by atoms with Crippen molar-refractivity contribution in [1.29, 1.82) is 0 Å². The summed E-state index contributed by atoms with van der Waals surface area (Å²) in [5, 5.41) is 13.3. The number of carboxylic acid groups (broad SMARTS) is 1. The lowest BCUT2D eigenvalue weighted by atomic mass is 9.74. The standard InChI is InChI=1S/C25H31NO4.CH2O/c1-18-4-3-5-19(16-18)8-15-30-22-17-20(6-7-21(22)29-2)26-25(23(27)28)13-11-24(9-10-24)12-14-25;1-2/h3-7,16-17,26H,8-15H2,1-2H3,(H,27,28);1H2. The van der Waals surface area contributed by atoms with Crippen LogP contribution in [0.25, 0.3) is 0 Å². The van der Waals surface area contributed by atoms with E-state index >= 15 is 0 Å². The normalized spacial score (nSPS) is 17.6. The zero-order valence-electron chi connectivity index (χ0n) is 19.0. The highest BCUT2D eigenvalue weighted by atomic mass is 16.5. The largest absolute Gasteiger partial charge is 0.493 e. The van der Waals surface area contributed by atoms with Gasteiger partial charge in [-0.3, -0.25) is 0 Å². The third-order valence-corrected chi connectivity index (χ3v) is 6.81. The molecular formula is C26H33NO5. The van der Waals surface area contributed by atoms with Crippen LogP contribution in [0.15, 0.2) is 42.5 Å². The van der Waals surface area contributed by atoms with Crippen LogP contribution < -0.4 is 14.8 Å². The van der Waals surface area contributed by atoms with Crippen LogP contribution in [0.1, 0.15) is 49.7 Å². The quantitative estimate of drug-likeness (QED) is 0.600. The Morgan fingerprint density at radius 1 is 1.03 bits per heavy atom. The van der Waals surface area contributed by atoms with Crippen LogP contribution in [0.2, 0.25) is 0 Å². The molecule has 2 aromatic carbocycles. The second-order valence-corrected chi connectivity index (χ2v) is 8.97. The molecule has 0 amide bonds. The average molecular weight is 440 g/mol. The van der Waals surface area contributed by atoms with E-state index < -0.39 is 11.5 Å². The molecule has 6 heteroatoms. The summed E-state index contributed by atoms with van der Waals surface area (Å²) in [5.41, 5.74) is 2.75. The van der Waals surface area contributed by atoms with Crippen LogP contribution in [0.4, 0.5) is 5.69 Å². The lowest BCUT2D eigenvalue weighted by molar-refractivity contribution is -0.144. The number of rotatable bonds is 8. The number of ether oxygens (including phenoxy) is 2. The zero-order chi connectivity index (χ0) is 23.2. The molecular weight excluding hydrogens is 406 g/mol. The fraction of sp³-hybridized carbons (Fsp3) is 0.462. The van der Waals surface area contributed by atoms with E-state index in [0.717, 1.165) is 24.9 Å². The maximum atomic E-state index is 12.2. The third-order valence-electron chi connectivity index (χ3n) is 6.81. The van der Waals surface area contributed by atoms with Gasteiger partial charge in [0.05, 0.1) is 13.7 Å². The Hall–Kier alpha value is -3.02. The van der Waals surface area contributed by atoms with Gasteiger partial charge in [0.2, 0.25) is 0 Å². The van der Waals surface area contributed by atoms with Gasteiger partial charge >= 0.3 is 5.97 Å². The number of nitrogens with one attached hydrogen (secondary N) is 1. The molecule has 2 aromatic rings. The number of hydrogen-bond donors (Lipinski definition) is 2. The molecule has 2 fully saturated rings. The van der Waals surface area contributed by atoms with Gasteiger partial charge in [-0.2, -0.15) is 0 Å². The van der Waals surface area contributed by atoms with E-state index in [1.54, 1.807) is 7.11 Å². The molecule has 4 rings (SSSR count). The molecule has 2 aliphatic rings. The SMILES string of the molecule is C=O.COc1ccc(NC2(C(=O)O)CCC3(CC3)CC2)cc1OCCc1cccc(C)c1. The van der Waals surface area contributed by atoms with Gasteiger partial charge in [-0.05, 0) is 68.6 Å². The van der Waals surface area contributed by atoms with Crippen molar-refractivity contribution in [3.8, 4) is 11.5 Å². The van der Waals surface area contributed by atoms with Crippen molar-refractivity contribution < 1.29 is 24.2 Å². The minimum atomic E-state index is -0.902. The van der Waals surface area contributed by atoms with Crippen LogP contribution in [0.5, 0.6) is 11.5 Å². The maximum absolute atomic E-state index is 12.2. The van der Waals surface area contributed by atoms with Crippen LogP contribution in [-0.4, -0.2) is 37.1 Å². The molecule has 0 unspecified atom stereocenters. The molecule has 172 valence electrons. The summed E-state index contributed by atoms with van der Waals surface area (Å²) < 4.78 is 11.5. The number of aliphatic carboxylic acids is 1. The first kappa shape index (κ1) is 23.6. The second kappa shape index (κ2) is 10.1. The van der Waals surface area contributed by atoms with Gasteiger partial charge in [-0.25, -0.2) is 4.79 Å². The molecule has 0 saturated heterocycles. The van der Waals surface area contributed by atoms with Crippen LogP contribution in [0, 0.1) is 12.3 Å². The number of methoxy groups -OCH3 is 1. The smallest absolute Gasteiger partial charge is 0.329 e. The molecule has 0 bridgehead atoms. The van der Waals surface area contributed by atoms with Crippen LogP contribution >= 0.6 is 0 Å². The number of carbonyl (C=O) groups excluding carboxylic acids is 1. The van der Waals surface area contributed by atoms with E-state index in [0.29, 0.717) is 36.4 Å². The van der Waals surface area contributed by atoms with Gasteiger partial charge < -0.3 is 24.7 Å². The van der Waals surface area contributed by atoms with Crippen molar-refractivity contribution in [1.82, 2.24) is 0 Å². The number of carbonyl (C=O) groups is 2. The van der Waals surface area contributed by atoms with Crippen molar-refractivity contribution in [3.63, 3.8) is 0 Å². The Morgan fingerprint density at radius 3 is 2.31 bits per heavy atom. The Balaban J connectivity index is 0.00000141. The molecule has 2 N–H and O–H groups in total. The summed E-state index contributed by atoms with van der Waals surface area (Å²) in [6.07, 6.45) is 6.61. The van der Waals surface area contributed by atoms with Crippen LogP contribution in [-0.2, 0) is 16.0 Å². The number of carboxylic acids is 1. The van der Waals surface area contributed by atoms with Crippen molar-refractivity contribution in [3.05, 3.63) is 53.6 Å². The topological polar surface area (TPSA) is 84.9 Å². The summed E-state index contributed by atoms with van der Waals surface area (Å²) in [5.74, 6) is 0.510. The van der Waals surface area contributed by atoms with Gasteiger partial charge in [0.1, 0.15) is 12.3 Å². The second-order valence-electron chi connectivity index (χ2n) is 8.97. The van der Waals surface area contributed by atoms with E-state index in [1.807, 2.05) is 25.0 Å². The third kappa shape index (κ3) is 5.42. The fourth-order valence-electron chi connectivity index (χ4n) is 4.57. The van der Waals surface area contributed by atoms with Crippen molar-refractivity contribution in [2.45, 2.75) is 57.4 Å². The van der Waals surface area contributed by atoms with Gasteiger partial charge in [0.25, 0.3) is 0 Å². The number of hydrogen-bond acceptors (Lipinski definition) is 5. The Labute approximate surface area is 189 Å². The molecule has 2 saturated carbocycles. The number of benzene rings is 2. The zero-order valence-corrected chi connectivity index (χ0v) is 19.0. The van der Waals surface area contributed by atoms with E-state index in [4.69, 9.17) is 14.3 Å². The minimum absolute atomic E-state index is 0.435. The average Bonchev–Trinajstić information content (AvgIpc) is 3.56.